The first-order valence-electron chi connectivity index (χ1n) is 8.06. The zero-order chi connectivity index (χ0) is 17.5. The fourth-order valence-electron chi connectivity index (χ4n) is 3.06. The summed E-state index contributed by atoms with van der Waals surface area (Å²) in [5, 5.41) is 9.57. The van der Waals surface area contributed by atoms with Crippen LogP contribution in [0.15, 0.2) is 42.7 Å². The van der Waals surface area contributed by atoms with E-state index in [1.54, 1.807) is 12.3 Å². The summed E-state index contributed by atoms with van der Waals surface area (Å²) in [4.78, 5) is 26.1. The Morgan fingerprint density at radius 2 is 1.79 bits per heavy atom. The lowest BCUT2D eigenvalue weighted by molar-refractivity contribution is -0.142. The molecule has 5 nitrogen and oxygen atoms in total. The monoisotopic (exact) mass is 326 g/mol. The quantitative estimate of drug-likeness (QED) is 0.923. The number of amides is 1. The summed E-state index contributed by atoms with van der Waals surface area (Å²) in [6.45, 7) is 6.49. The lowest BCUT2D eigenvalue weighted by Crippen LogP contribution is -2.48. The van der Waals surface area contributed by atoms with Crippen molar-refractivity contribution in [1.29, 1.82) is 0 Å². The number of fused-ring (bicyclic) bond motifs is 1. The molecule has 1 aliphatic rings. The van der Waals surface area contributed by atoms with Crippen molar-refractivity contribution in [3.05, 3.63) is 59.4 Å². The van der Waals surface area contributed by atoms with Crippen LogP contribution >= 0.6 is 0 Å². The van der Waals surface area contributed by atoms with Gasteiger partial charge in [0.1, 0.15) is 6.04 Å². The summed E-state index contributed by atoms with van der Waals surface area (Å²) < 4.78 is 1.97. The van der Waals surface area contributed by atoms with Gasteiger partial charge in [0.25, 0.3) is 5.91 Å². The van der Waals surface area contributed by atoms with Crippen LogP contribution in [0.4, 0.5) is 0 Å². The van der Waals surface area contributed by atoms with E-state index in [1.165, 1.54) is 4.90 Å². The molecule has 24 heavy (non-hydrogen) atoms. The second kappa shape index (κ2) is 5.82. The molecule has 0 aliphatic carbocycles. The maximum absolute atomic E-state index is 12.9. The molecule has 126 valence electrons. The summed E-state index contributed by atoms with van der Waals surface area (Å²) in [7, 11) is 0. The molecule has 0 unspecified atom stereocenters. The zero-order valence-electron chi connectivity index (χ0n) is 14.2. The Morgan fingerprint density at radius 3 is 2.38 bits per heavy atom. The average molecular weight is 326 g/mol. The third-order valence-electron chi connectivity index (χ3n) is 4.51. The lowest BCUT2D eigenvalue weighted by atomic mass is 9.93. The van der Waals surface area contributed by atoms with Crippen LogP contribution < -0.4 is 0 Å². The van der Waals surface area contributed by atoms with Gasteiger partial charge in [-0.25, -0.2) is 4.79 Å². The number of aliphatic carboxylic acids is 1. The molecule has 0 saturated heterocycles. The van der Waals surface area contributed by atoms with E-state index in [0.717, 1.165) is 11.1 Å². The molecule has 0 radical (unpaired) electrons. The van der Waals surface area contributed by atoms with Crippen LogP contribution in [0.2, 0.25) is 0 Å². The van der Waals surface area contributed by atoms with Crippen LogP contribution in [0.25, 0.3) is 0 Å². The minimum atomic E-state index is -0.965. The minimum Gasteiger partial charge on any atom is -0.480 e. The van der Waals surface area contributed by atoms with Gasteiger partial charge < -0.3 is 14.6 Å². The molecule has 0 bridgehead atoms. The minimum absolute atomic E-state index is 0.126. The standard InChI is InChI=1S/C19H22N2O3/c1-19(2,3)20-9-8-15(11-20)17(22)21-12-14-7-5-4-6-13(14)10-16(21)18(23)24/h4-9,11,16H,10,12H2,1-3H3,(H,23,24)/t16-/m1/s1. The Labute approximate surface area is 141 Å². The number of rotatable bonds is 2. The maximum atomic E-state index is 12.9. The molecular formula is C19H22N2O3. The van der Waals surface area contributed by atoms with Gasteiger partial charge in [-0.3, -0.25) is 4.79 Å². The Balaban J connectivity index is 1.93. The van der Waals surface area contributed by atoms with Gasteiger partial charge in [0, 0.05) is 30.9 Å². The number of hydrogen-bond acceptors (Lipinski definition) is 2. The molecule has 1 aromatic carbocycles. The van der Waals surface area contributed by atoms with Crippen molar-refractivity contribution in [1.82, 2.24) is 9.47 Å². The molecule has 1 amide bonds. The molecule has 0 fully saturated rings. The highest BCUT2D eigenvalue weighted by molar-refractivity contribution is 5.96. The number of carbonyl (C=O) groups is 2. The molecule has 1 aliphatic heterocycles. The highest BCUT2D eigenvalue weighted by atomic mass is 16.4. The molecule has 2 heterocycles. The number of nitrogens with zero attached hydrogens (tertiary/aromatic N) is 2. The molecule has 5 heteroatoms. The number of carboxylic acid groups (broad SMARTS) is 1. The van der Waals surface area contributed by atoms with Gasteiger partial charge in [0.05, 0.1) is 5.56 Å². The van der Waals surface area contributed by atoms with E-state index >= 15 is 0 Å². The largest absolute Gasteiger partial charge is 0.480 e. The van der Waals surface area contributed by atoms with E-state index in [2.05, 4.69) is 20.8 Å². The average Bonchev–Trinajstić information content (AvgIpc) is 3.03. The van der Waals surface area contributed by atoms with Crippen molar-refractivity contribution in [2.24, 2.45) is 0 Å². The molecular weight excluding hydrogens is 304 g/mol. The van der Waals surface area contributed by atoms with Gasteiger partial charge in [-0.05, 0) is 38.0 Å². The van der Waals surface area contributed by atoms with E-state index in [9.17, 15) is 14.7 Å². The molecule has 0 spiro atoms. The highest BCUT2D eigenvalue weighted by Crippen LogP contribution is 2.26. The predicted octanol–water partition coefficient (Wildman–Crippen LogP) is 2.89. The van der Waals surface area contributed by atoms with Crippen LogP contribution in [-0.2, 0) is 23.3 Å². The SMILES string of the molecule is CC(C)(C)n1ccc(C(=O)N2Cc3ccccc3C[C@@H]2C(=O)O)c1. The second-order valence-corrected chi connectivity index (χ2v) is 7.24. The predicted molar refractivity (Wildman–Crippen MR) is 90.9 cm³/mol. The number of aromatic nitrogens is 1. The first-order valence-corrected chi connectivity index (χ1v) is 8.06. The van der Waals surface area contributed by atoms with Crippen molar-refractivity contribution in [2.75, 3.05) is 0 Å². The van der Waals surface area contributed by atoms with Crippen LogP contribution in [-0.4, -0.2) is 32.5 Å². The fourth-order valence-corrected chi connectivity index (χ4v) is 3.06. The Hall–Kier alpha value is -2.56. The smallest absolute Gasteiger partial charge is 0.326 e. The van der Waals surface area contributed by atoms with Gasteiger partial charge in [-0.1, -0.05) is 24.3 Å². The van der Waals surface area contributed by atoms with Crippen LogP contribution in [0.3, 0.4) is 0 Å². The lowest BCUT2D eigenvalue weighted by Gasteiger charge is -2.34. The summed E-state index contributed by atoms with van der Waals surface area (Å²) in [6, 6.07) is 8.63. The third kappa shape index (κ3) is 2.94. The van der Waals surface area contributed by atoms with Crippen molar-refractivity contribution in [3.63, 3.8) is 0 Å². The molecule has 3 rings (SSSR count). The number of hydrogen-bond donors (Lipinski definition) is 1. The van der Waals surface area contributed by atoms with Crippen molar-refractivity contribution in [3.8, 4) is 0 Å². The first-order chi connectivity index (χ1) is 11.3. The van der Waals surface area contributed by atoms with Gasteiger partial charge in [-0.2, -0.15) is 0 Å². The van der Waals surface area contributed by atoms with Crippen LogP contribution in [0.1, 0.15) is 42.3 Å². The Morgan fingerprint density at radius 1 is 1.12 bits per heavy atom. The van der Waals surface area contributed by atoms with E-state index < -0.39 is 12.0 Å². The van der Waals surface area contributed by atoms with Gasteiger partial charge in [0.15, 0.2) is 0 Å². The van der Waals surface area contributed by atoms with Crippen LogP contribution in [0.5, 0.6) is 0 Å². The Bertz CT molecular complexity index is 786. The second-order valence-electron chi connectivity index (χ2n) is 7.24. The number of benzene rings is 1. The van der Waals surface area contributed by atoms with Crippen molar-refractivity contribution in [2.45, 2.75) is 45.3 Å². The topological polar surface area (TPSA) is 62.5 Å². The first kappa shape index (κ1) is 16.3. The van der Waals surface area contributed by atoms with Gasteiger partial charge >= 0.3 is 5.97 Å². The third-order valence-corrected chi connectivity index (χ3v) is 4.51. The van der Waals surface area contributed by atoms with Crippen LogP contribution in [0, 0.1) is 0 Å². The van der Waals surface area contributed by atoms with E-state index in [0.29, 0.717) is 18.5 Å². The number of carboxylic acids is 1. The summed E-state index contributed by atoms with van der Waals surface area (Å²) in [5.41, 5.74) is 2.41. The van der Waals surface area contributed by atoms with E-state index in [4.69, 9.17) is 0 Å². The van der Waals surface area contributed by atoms with Crippen molar-refractivity contribution >= 4 is 11.9 Å². The number of carbonyl (C=O) groups excluding carboxylic acids is 1. The summed E-state index contributed by atoms with van der Waals surface area (Å²) in [6.07, 6.45) is 4.00. The van der Waals surface area contributed by atoms with Gasteiger partial charge in [-0.15, -0.1) is 0 Å². The summed E-state index contributed by atoms with van der Waals surface area (Å²) >= 11 is 0. The molecule has 1 aromatic heterocycles. The Kier molecular flexibility index (Phi) is 3.95. The van der Waals surface area contributed by atoms with Gasteiger partial charge in [0.2, 0.25) is 0 Å². The highest BCUT2D eigenvalue weighted by Gasteiger charge is 2.35. The van der Waals surface area contributed by atoms with E-state index in [1.807, 2.05) is 35.0 Å². The summed E-state index contributed by atoms with van der Waals surface area (Å²) in [5.74, 6) is -1.20. The normalized spacial score (nSPS) is 17.5. The maximum Gasteiger partial charge on any atom is 0.326 e. The molecule has 1 N–H and O–H groups in total. The fraction of sp³-hybridized carbons (Fsp3) is 0.368. The zero-order valence-corrected chi connectivity index (χ0v) is 14.2. The molecule has 1 atom stereocenters. The molecule has 0 saturated carbocycles. The van der Waals surface area contributed by atoms with E-state index in [-0.39, 0.29) is 11.4 Å². The van der Waals surface area contributed by atoms with Crippen molar-refractivity contribution < 1.29 is 14.7 Å². The molecule has 2 aromatic rings.